The summed E-state index contributed by atoms with van der Waals surface area (Å²) in [5, 5.41) is 15.0. The number of carboxylic acids is 1. The number of amides is 1. The van der Waals surface area contributed by atoms with Crippen molar-refractivity contribution in [2.45, 2.75) is 52.4 Å². The maximum absolute atomic E-state index is 12.7. The van der Waals surface area contributed by atoms with Crippen LogP contribution in [0.2, 0.25) is 0 Å². The van der Waals surface area contributed by atoms with Crippen LogP contribution in [-0.2, 0) is 16.0 Å². The molecule has 2 aromatic carbocycles. The van der Waals surface area contributed by atoms with E-state index in [1.807, 2.05) is 50.2 Å². The number of carboxylic acid groups (broad SMARTS) is 1. The first-order valence-electron chi connectivity index (χ1n) is 11.9. The summed E-state index contributed by atoms with van der Waals surface area (Å²) in [5.74, 6) is -0.423. The molecule has 182 valence electrons. The summed E-state index contributed by atoms with van der Waals surface area (Å²) < 4.78 is 11.6. The number of fused-ring (bicyclic) bond motifs is 2. The van der Waals surface area contributed by atoms with Crippen LogP contribution in [0.1, 0.15) is 49.0 Å². The van der Waals surface area contributed by atoms with Crippen molar-refractivity contribution in [3.63, 3.8) is 0 Å². The summed E-state index contributed by atoms with van der Waals surface area (Å²) in [6, 6.07) is 13.8. The first kappa shape index (κ1) is 24.3. The van der Waals surface area contributed by atoms with E-state index in [9.17, 15) is 19.5 Å². The highest BCUT2D eigenvalue weighted by Crippen LogP contribution is 2.37. The second-order valence-corrected chi connectivity index (χ2v) is 8.77. The SMILES string of the molecule is Cc1oc2cc3oc(=O)c(CCC(=O)NCCCCCC(=O)[O-])c(C)c3cc2c1-c1ccccc1. The normalized spacial score (nSPS) is 11.3. The van der Waals surface area contributed by atoms with Crippen LogP contribution in [0.3, 0.4) is 0 Å². The van der Waals surface area contributed by atoms with Crippen LogP contribution < -0.4 is 16.0 Å². The van der Waals surface area contributed by atoms with Gasteiger partial charge in [0.15, 0.2) is 0 Å². The average Bonchev–Trinajstić information content (AvgIpc) is 3.15. The Morgan fingerprint density at radius 1 is 0.914 bits per heavy atom. The molecule has 0 radical (unpaired) electrons. The van der Waals surface area contributed by atoms with Gasteiger partial charge in [-0.25, -0.2) is 4.79 Å². The van der Waals surface area contributed by atoms with E-state index in [4.69, 9.17) is 8.83 Å². The third kappa shape index (κ3) is 5.45. The number of benzene rings is 2. The highest BCUT2D eigenvalue weighted by atomic mass is 16.4. The Hall–Kier alpha value is -3.87. The third-order valence-corrected chi connectivity index (χ3v) is 6.32. The fourth-order valence-corrected chi connectivity index (χ4v) is 4.48. The molecule has 4 aromatic rings. The van der Waals surface area contributed by atoms with Crippen LogP contribution in [0, 0.1) is 13.8 Å². The molecular formula is C28H28NO6-. The molecule has 0 atom stereocenters. The molecule has 4 rings (SSSR count). The van der Waals surface area contributed by atoms with Gasteiger partial charge >= 0.3 is 5.63 Å². The number of aliphatic carboxylic acids is 1. The second-order valence-electron chi connectivity index (χ2n) is 8.77. The van der Waals surface area contributed by atoms with Gasteiger partial charge in [0, 0.05) is 46.9 Å². The molecule has 0 saturated heterocycles. The summed E-state index contributed by atoms with van der Waals surface area (Å²) >= 11 is 0. The van der Waals surface area contributed by atoms with Gasteiger partial charge in [0.1, 0.15) is 16.9 Å². The lowest BCUT2D eigenvalue weighted by molar-refractivity contribution is -0.305. The minimum absolute atomic E-state index is 0.0303. The molecule has 7 nitrogen and oxygen atoms in total. The van der Waals surface area contributed by atoms with Crippen molar-refractivity contribution in [3.05, 3.63) is 69.8 Å². The van der Waals surface area contributed by atoms with Crippen molar-refractivity contribution >= 4 is 33.8 Å². The van der Waals surface area contributed by atoms with Crippen molar-refractivity contribution in [3.8, 4) is 11.1 Å². The van der Waals surface area contributed by atoms with Crippen molar-refractivity contribution in [1.29, 1.82) is 0 Å². The lowest BCUT2D eigenvalue weighted by Crippen LogP contribution is -2.26. The van der Waals surface area contributed by atoms with E-state index in [1.165, 1.54) is 0 Å². The van der Waals surface area contributed by atoms with E-state index in [2.05, 4.69) is 5.32 Å². The fraction of sp³-hybridized carbons (Fsp3) is 0.321. The van der Waals surface area contributed by atoms with E-state index in [0.717, 1.165) is 33.2 Å². The molecule has 7 heteroatoms. The minimum atomic E-state index is -1.06. The van der Waals surface area contributed by atoms with Crippen LogP contribution in [0.15, 0.2) is 56.1 Å². The number of hydrogen-bond acceptors (Lipinski definition) is 6. The number of furan rings is 1. The molecule has 0 saturated carbocycles. The van der Waals surface area contributed by atoms with Crippen LogP contribution in [0.4, 0.5) is 0 Å². The smallest absolute Gasteiger partial charge is 0.339 e. The molecule has 35 heavy (non-hydrogen) atoms. The molecule has 0 bridgehead atoms. The molecule has 1 N–H and O–H groups in total. The number of nitrogens with one attached hydrogen (secondary N) is 1. The maximum Gasteiger partial charge on any atom is 0.339 e. The summed E-state index contributed by atoms with van der Waals surface area (Å²) in [6.07, 6.45) is 2.40. The van der Waals surface area contributed by atoms with Gasteiger partial charge in [-0.15, -0.1) is 0 Å². The average molecular weight is 475 g/mol. The third-order valence-electron chi connectivity index (χ3n) is 6.32. The molecule has 2 aromatic heterocycles. The molecular weight excluding hydrogens is 446 g/mol. The zero-order chi connectivity index (χ0) is 24.9. The van der Waals surface area contributed by atoms with Gasteiger partial charge < -0.3 is 24.1 Å². The van der Waals surface area contributed by atoms with Crippen molar-refractivity contribution in [1.82, 2.24) is 5.32 Å². The number of carbonyl (C=O) groups is 2. The van der Waals surface area contributed by atoms with Gasteiger partial charge in [-0.05, 0) is 56.7 Å². The quantitative estimate of drug-likeness (QED) is 0.273. The summed E-state index contributed by atoms with van der Waals surface area (Å²) in [4.78, 5) is 35.4. The monoisotopic (exact) mass is 474 g/mol. The van der Waals surface area contributed by atoms with E-state index < -0.39 is 11.6 Å². The summed E-state index contributed by atoms with van der Waals surface area (Å²) in [7, 11) is 0. The zero-order valence-electron chi connectivity index (χ0n) is 19.9. The van der Waals surface area contributed by atoms with Crippen molar-refractivity contribution < 1.29 is 23.5 Å². The highest BCUT2D eigenvalue weighted by molar-refractivity contribution is 6.03. The van der Waals surface area contributed by atoms with Crippen LogP contribution in [0.25, 0.3) is 33.1 Å². The first-order chi connectivity index (χ1) is 16.8. The molecule has 2 heterocycles. The van der Waals surface area contributed by atoms with Gasteiger partial charge in [0.2, 0.25) is 5.91 Å². The Kier molecular flexibility index (Phi) is 7.34. The predicted octanol–water partition coefficient (Wildman–Crippen LogP) is 4.18. The number of aryl methyl sites for hydroxylation is 2. The molecule has 0 aliphatic heterocycles. The topological polar surface area (TPSA) is 113 Å². The molecule has 0 aliphatic rings. The number of carbonyl (C=O) groups excluding carboxylic acids is 2. The Morgan fingerprint density at radius 3 is 2.40 bits per heavy atom. The molecule has 1 amide bonds. The van der Waals surface area contributed by atoms with Crippen LogP contribution >= 0.6 is 0 Å². The lowest BCUT2D eigenvalue weighted by Gasteiger charge is -2.09. The minimum Gasteiger partial charge on any atom is -0.550 e. The van der Waals surface area contributed by atoms with Gasteiger partial charge in [-0.2, -0.15) is 0 Å². The van der Waals surface area contributed by atoms with Crippen LogP contribution in [0.5, 0.6) is 0 Å². The molecule has 0 spiro atoms. The van der Waals surface area contributed by atoms with Gasteiger partial charge in [0.25, 0.3) is 0 Å². The maximum atomic E-state index is 12.7. The van der Waals surface area contributed by atoms with Gasteiger partial charge in [0.05, 0.1) is 0 Å². The lowest BCUT2D eigenvalue weighted by atomic mass is 9.98. The number of unbranched alkanes of at least 4 members (excludes halogenated alkanes) is 2. The van der Waals surface area contributed by atoms with E-state index in [-0.39, 0.29) is 25.2 Å². The van der Waals surface area contributed by atoms with Crippen LogP contribution in [-0.4, -0.2) is 18.4 Å². The highest BCUT2D eigenvalue weighted by Gasteiger charge is 2.18. The Labute approximate surface area is 202 Å². The van der Waals surface area contributed by atoms with E-state index in [1.54, 1.807) is 6.07 Å². The predicted molar refractivity (Wildman–Crippen MR) is 132 cm³/mol. The molecule has 0 unspecified atom stereocenters. The van der Waals surface area contributed by atoms with Gasteiger partial charge in [-0.1, -0.05) is 36.8 Å². The Morgan fingerprint density at radius 2 is 1.66 bits per heavy atom. The van der Waals surface area contributed by atoms with Crippen molar-refractivity contribution in [2.75, 3.05) is 6.54 Å². The molecule has 0 aliphatic carbocycles. The largest absolute Gasteiger partial charge is 0.550 e. The van der Waals surface area contributed by atoms with E-state index in [0.29, 0.717) is 42.5 Å². The van der Waals surface area contributed by atoms with Crippen molar-refractivity contribution in [2.24, 2.45) is 0 Å². The second kappa shape index (κ2) is 10.6. The van der Waals surface area contributed by atoms with Gasteiger partial charge in [-0.3, -0.25) is 4.79 Å². The first-order valence-corrected chi connectivity index (χ1v) is 11.9. The number of rotatable bonds is 10. The Balaban J connectivity index is 1.52. The summed E-state index contributed by atoms with van der Waals surface area (Å²) in [5.41, 5.74) is 4.01. The summed E-state index contributed by atoms with van der Waals surface area (Å²) in [6.45, 7) is 4.27. The number of hydrogen-bond donors (Lipinski definition) is 1. The Bertz CT molecular complexity index is 1430. The molecule has 0 fully saturated rings. The standard InChI is InChI=1S/C28H29NO6/c1-17-20(12-13-25(30)29-14-8-4-7-11-26(31)32)28(33)35-23-16-24-22(15-21(17)23)27(18(2)34-24)19-9-5-3-6-10-19/h3,5-6,9-10,15-16H,4,7-8,11-14H2,1-2H3,(H,29,30)(H,31,32)/p-1. The fourth-order valence-electron chi connectivity index (χ4n) is 4.48. The zero-order valence-corrected chi connectivity index (χ0v) is 19.9. The van der Waals surface area contributed by atoms with E-state index >= 15 is 0 Å².